The van der Waals surface area contributed by atoms with Crippen LogP contribution in [-0.4, -0.2) is 63.9 Å². The fourth-order valence-corrected chi connectivity index (χ4v) is 4.13. The van der Waals surface area contributed by atoms with Gasteiger partial charge < -0.3 is 33.6 Å². The Morgan fingerprint density at radius 3 is 2.50 bits per heavy atom. The van der Waals surface area contributed by atoms with Crippen LogP contribution in [0.2, 0.25) is 0 Å². The minimum absolute atomic E-state index is 0.000894. The predicted octanol–water partition coefficient (Wildman–Crippen LogP) is 3.90. The fourth-order valence-electron chi connectivity index (χ4n) is 4.13. The second-order valence-electron chi connectivity index (χ2n) is 8.46. The van der Waals surface area contributed by atoms with Crippen LogP contribution < -0.4 is 9.47 Å². The van der Waals surface area contributed by atoms with E-state index >= 15 is 0 Å². The maximum atomic E-state index is 13.4. The average molecular weight is 524 g/mol. The lowest BCUT2D eigenvalue weighted by atomic mass is 9.91. The number of ketones is 1. The molecule has 1 aliphatic heterocycles. The number of halogens is 1. The van der Waals surface area contributed by atoms with Gasteiger partial charge in [-0.2, -0.15) is 0 Å². The van der Waals surface area contributed by atoms with Crippen molar-refractivity contribution in [3.63, 3.8) is 0 Å². The highest BCUT2D eigenvalue weighted by atomic mass is 31.2. The van der Waals surface area contributed by atoms with E-state index in [0.717, 1.165) is 50.0 Å². The number of hydrogen-bond donors (Lipinski definition) is 3. The monoisotopic (exact) mass is 524 g/mol. The highest BCUT2D eigenvalue weighted by molar-refractivity contribution is 7.45. The third-order valence-corrected chi connectivity index (χ3v) is 5.88. The Hall–Kier alpha value is -2.82. The first kappa shape index (κ1) is 27.8. The molecule has 1 aromatic heterocycles. The molecule has 0 radical (unpaired) electrons. The number of phosphoric acid groups is 1. The molecule has 2 heterocycles. The number of piperidine rings is 1. The summed E-state index contributed by atoms with van der Waals surface area (Å²) in [5, 5.41) is 5.13. The maximum Gasteiger partial charge on any atom is 0.466 e. The number of ether oxygens (including phenoxy) is 2. The van der Waals surface area contributed by atoms with Crippen LogP contribution in [0.5, 0.6) is 11.5 Å². The van der Waals surface area contributed by atoms with Crippen LogP contribution in [0.15, 0.2) is 40.9 Å². The van der Waals surface area contributed by atoms with E-state index in [0.29, 0.717) is 35.2 Å². The predicted molar refractivity (Wildman–Crippen MR) is 130 cm³/mol. The molecule has 0 atom stereocenters. The van der Waals surface area contributed by atoms with E-state index in [9.17, 15) is 9.18 Å². The minimum atomic E-state index is -4.64. The van der Waals surface area contributed by atoms with Crippen LogP contribution in [0, 0.1) is 5.82 Å². The standard InChI is InChI=1S/C24H27FN2O4.H3O4P/c1-16(28)18-4-7-21(23(14-18)29-2)30-13-3-10-27-11-8-17(9-12-27)24-20-6-5-19(25)15-22(20)31-26-24;1-5(2,3)4/h4-7,14-15,17H,3,8-13H2,1-2H3;(H3,1,2,3,4). The molecule has 3 N–H and O–H groups in total. The third-order valence-electron chi connectivity index (χ3n) is 5.88. The maximum absolute atomic E-state index is 13.4. The van der Waals surface area contributed by atoms with Crippen molar-refractivity contribution in [3.8, 4) is 11.5 Å². The average Bonchev–Trinajstić information content (AvgIpc) is 3.24. The lowest BCUT2D eigenvalue weighted by molar-refractivity contribution is 0.101. The normalized spacial score (nSPS) is 14.8. The van der Waals surface area contributed by atoms with E-state index in [1.54, 1.807) is 31.4 Å². The van der Waals surface area contributed by atoms with Gasteiger partial charge in [0.2, 0.25) is 0 Å². The molecule has 3 aromatic rings. The number of nitrogens with zero attached hydrogens (tertiary/aromatic N) is 2. The molecule has 196 valence electrons. The zero-order chi connectivity index (χ0) is 26.3. The van der Waals surface area contributed by atoms with E-state index in [-0.39, 0.29) is 11.6 Å². The van der Waals surface area contributed by atoms with Crippen LogP contribution in [0.3, 0.4) is 0 Å². The quantitative estimate of drug-likeness (QED) is 0.226. The van der Waals surface area contributed by atoms with Crippen LogP contribution in [0.25, 0.3) is 11.0 Å². The Morgan fingerprint density at radius 2 is 1.86 bits per heavy atom. The summed E-state index contributed by atoms with van der Waals surface area (Å²) in [4.78, 5) is 35.5. The topological polar surface area (TPSA) is 143 Å². The van der Waals surface area contributed by atoms with Crippen molar-refractivity contribution in [1.82, 2.24) is 10.1 Å². The smallest absolute Gasteiger partial charge is 0.466 e. The Balaban J connectivity index is 0.000000658. The zero-order valence-electron chi connectivity index (χ0n) is 20.1. The first-order chi connectivity index (χ1) is 17.0. The summed E-state index contributed by atoms with van der Waals surface area (Å²) in [6, 6.07) is 9.87. The molecule has 1 saturated heterocycles. The molecule has 2 aromatic carbocycles. The molecule has 0 amide bonds. The van der Waals surface area contributed by atoms with Gasteiger partial charge in [-0.1, -0.05) is 5.16 Å². The number of benzene rings is 2. The van der Waals surface area contributed by atoms with Crippen molar-refractivity contribution in [2.24, 2.45) is 0 Å². The summed E-state index contributed by atoms with van der Waals surface area (Å²) in [5.74, 6) is 1.26. The van der Waals surface area contributed by atoms with Gasteiger partial charge in [0.05, 0.1) is 19.4 Å². The number of fused-ring (bicyclic) bond motifs is 1. The lowest BCUT2D eigenvalue weighted by Gasteiger charge is -2.31. The van der Waals surface area contributed by atoms with Gasteiger partial charge in [0.1, 0.15) is 5.82 Å². The van der Waals surface area contributed by atoms with Crippen molar-refractivity contribution < 1.29 is 42.4 Å². The third kappa shape index (κ3) is 8.11. The van der Waals surface area contributed by atoms with Gasteiger partial charge in [-0.05, 0) is 69.6 Å². The lowest BCUT2D eigenvalue weighted by Crippen LogP contribution is -2.34. The van der Waals surface area contributed by atoms with Gasteiger partial charge in [0.15, 0.2) is 22.9 Å². The summed E-state index contributed by atoms with van der Waals surface area (Å²) in [5.41, 5.74) is 2.07. The number of Topliss-reactive ketones (excluding diaryl/α,β-unsaturated/α-hetero) is 1. The number of carbonyl (C=O) groups is 1. The molecule has 0 saturated carbocycles. The number of rotatable bonds is 8. The van der Waals surface area contributed by atoms with E-state index in [4.69, 9.17) is 33.2 Å². The van der Waals surface area contributed by atoms with E-state index < -0.39 is 7.82 Å². The Morgan fingerprint density at radius 1 is 1.17 bits per heavy atom. The highest BCUT2D eigenvalue weighted by Gasteiger charge is 2.25. The fraction of sp³-hybridized carbons (Fsp3) is 0.417. The number of likely N-dealkylation sites (tertiary alicyclic amines) is 1. The first-order valence-corrected chi connectivity index (χ1v) is 13.0. The van der Waals surface area contributed by atoms with Gasteiger partial charge in [-0.25, -0.2) is 8.96 Å². The molecule has 0 aliphatic carbocycles. The summed E-state index contributed by atoms with van der Waals surface area (Å²) in [6.45, 7) is 5.03. The van der Waals surface area contributed by atoms with Crippen molar-refractivity contribution in [1.29, 1.82) is 0 Å². The summed E-state index contributed by atoms with van der Waals surface area (Å²) < 4.78 is 38.8. The van der Waals surface area contributed by atoms with Crippen LogP contribution >= 0.6 is 7.82 Å². The number of methoxy groups -OCH3 is 1. The number of aromatic nitrogens is 1. The highest BCUT2D eigenvalue weighted by Crippen LogP contribution is 2.33. The summed E-state index contributed by atoms with van der Waals surface area (Å²) in [7, 11) is -3.06. The molecule has 4 rings (SSSR count). The minimum Gasteiger partial charge on any atom is -0.493 e. The molecular formula is C24H30FN2O8P. The SMILES string of the molecule is COc1cc(C(C)=O)ccc1OCCCN1CCC(c2noc3cc(F)ccc23)CC1.O=P(O)(O)O. The van der Waals surface area contributed by atoms with Gasteiger partial charge >= 0.3 is 7.82 Å². The van der Waals surface area contributed by atoms with Gasteiger partial charge in [0, 0.05) is 29.5 Å². The van der Waals surface area contributed by atoms with Crippen molar-refractivity contribution in [2.75, 3.05) is 33.4 Å². The van der Waals surface area contributed by atoms with Crippen molar-refractivity contribution in [2.45, 2.75) is 32.1 Å². The van der Waals surface area contributed by atoms with Crippen molar-refractivity contribution in [3.05, 3.63) is 53.5 Å². The molecular weight excluding hydrogens is 494 g/mol. The van der Waals surface area contributed by atoms with Gasteiger partial charge in [-0.3, -0.25) is 4.79 Å². The van der Waals surface area contributed by atoms with Gasteiger partial charge in [-0.15, -0.1) is 0 Å². The zero-order valence-corrected chi connectivity index (χ0v) is 21.0. The van der Waals surface area contributed by atoms with E-state index in [2.05, 4.69) is 10.1 Å². The molecule has 1 aliphatic rings. The summed E-state index contributed by atoms with van der Waals surface area (Å²) >= 11 is 0. The second-order valence-corrected chi connectivity index (χ2v) is 9.49. The van der Waals surface area contributed by atoms with E-state index in [1.165, 1.54) is 19.1 Å². The Bertz CT molecular complexity index is 1210. The molecule has 10 nitrogen and oxygen atoms in total. The molecule has 12 heteroatoms. The van der Waals surface area contributed by atoms with Gasteiger partial charge in [0.25, 0.3) is 0 Å². The molecule has 0 bridgehead atoms. The molecule has 0 unspecified atom stereocenters. The van der Waals surface area contributed by atoms with Crippen LogP contribution in [0.4, 0.5) is 4.39 Å². The molecule has 1 fully saturated rings. The van der Waals surface area contributed by atoms with Crippen molar-refractivity contribution >= 4 is 24.6 Å². The molecule has 0 spiro atoms. The number of carbonyl (C=O) groups excluding carboxylic acids is 1. The largest absolute Gasteiger partial charge is 0.493 e. The Kier molecular flexibility index (Phi) is 9.58. The van der Waals surface area contributed by atoms with Crippen LogP contribution in [0.1, 0.15) is 48.2 Å². The first-order valence-electron chi connectivity index (χ1n) is 11.4. The number of hydrogen-bond acceptors (Lipinski definition) is 7. The second kappa shape index (κ2) is 12.4. The molecule has 36 heavy (non-hydrogen) atoms. The summed E-state index contributed by atoms with van der Waals surface area (Å²) in [6.07, 6.45) is 2.90. The Labute approximate surface area is 207 Å². The van der Waals surface area contributed by atoms with E-state index in [1.807, 2.05) is 0 Å². The van der Waals surface area contributed by atoms with Crippen LogP contribution in [-0.2, 0) is 4.57 Å².